The van der Waals surface area contributed by atoms with E-state index < -0.39 is 44.1 Å². The van der Waals surface area contributed by atoms with Crippen molar-refractivity contribution in [3.63, 3.8) is 0 Å². The quantitative estimate of drug-likeness (QED) is 0.0363. The third-order valence-corrected chi connectivity index (χ3v) is 20.2. The maximum atomic E-state index is 14.1. The molecule has 0 radical (unpaired) electrons. The minimum Gasteiger partial charge on any atom is -0.497 e. The van der Waals surface area contributed by atoms with Gasteiger partial charge >= 0.3 is 24.1 Å². The topological polar surface area (TPSA) is 315 Å². The zero-order valence-corrected chi connectivity index (χ0v) is 58.9. The minimum atomic E-state index is -5.08. The fourth-order valence-corrected chi connectivity index (χ4v) is 13.5. The van der Waals surface area contributed by atoms with Gasteiger partial charge in [0.15, 0.2) is 0 Å². The van der Waals surface area contributed by atoms with Crippen LogP contribution in [0.2, 0.25) is 0 Å². The Balaban J connectivity index is 0.000000231. The summed E-state index contributed by atoms with van der Waals surface area (Å²) in [7, 11) is 1.86. The van der Waals surface area contributed by atoms with Crippen LogP contribution in [0.3, 0.4) is 0 Å². The van der Waals surface area contributed by atoms with Crippen molar-refractivity contribution < 1.29 is 87.9 Å². The number of carbonyl (C=O) groups is 5. The highest BCUT2D eigenvalue weighted by atomic mass is 32.2. The van der Waals surface area contributed by atoms with E-state index in [4.69, 9.17) is 43.9 Å². The SMILES string of the molecule is COc1ccc2c(c1)C=C(C(=O)N(C)CCOCCN(C)S(N)(=O)=O)Cn1c-2c(C2CCCCC2)c2ccc(C(=O)O)cc21.COc1ccc2c(c1)C=C(C(=O)N(C)CCOCCN(C)S(N)(=O)=O)Cn1c-2c(C2CCCCC2)c2ccc(C(=O)OC(C)(C)C)cc21.O=C(O)C(F)(F)F. The van der Waals surface area contributed by atoms with Gasteiger partial charge in [0.25, 0.3) is 32.2 Å². The molecule has 10 rings (SSSR count). The van der Waals surface area contributed by atoms with Gasteiger partial charge in [0.2, 0.25) is 0 Å². The zero-order chi connectivity index (χ0) is 72.5. The second-order valence-corrected chi connectivity index (χ2v) is 29.4. The van der Waals surface area contributed by atoms with E-state index in [1.165, 1.54) is 38.1 Å². The first-order valence-electron chi connectivity index (χ1n) is 32.6. The molecule has 0 atom stereocenters. The van der Waals surface area contributed by atoms with Crippen molar-refractivity contribution in [2.24, 2.45) is 10.3 Å². The van der Waals surface area contributed by atoms with Crippen LogP contribution in [0.1, 0.15) is 140 Å². The third-order valence-electron chi connectivity index (χ3n) is 18.1. The van der Waals surface area contributed by atoms with Crippen LogP contribution in [-0.4, -0.2) is 191 Å². The highest BCUT2D eigenvalue weighted by molar-refractivity contribution is 7.87. The fraction of sp³-hybridized carbons (Fsp3) is 0.471. The van der Waals surface area contributed by atoms with E-state index in [-0.39, 0.29) is 76.0 Å². The summed E-state index contributed by atoms with van der Waals surface area (Å²) in [5.74, 6) is -2.44. The van der Waals surface area contributed by atoms with Gasteiger partial charge < -0.3 is 52.8 Å². The van der Waals surface area contributed by atoms with Gasteiger partial charge in [-0.15, -0.1) is 0 Å². The maximum Gasteiger partial charge on any atom is 0.490 e. The second-order valence-electron chi connectivity index (χ2n) is 26.1. The number of hydrogen-bond acceptors (Lipinski definition) is 14. The molecule has 0 unspecified atom stereocenters. The Bertz CT molecular complexity index is 4280. The number of methoxy groups -OCH3 is 2. The summed E-state index contributed by atoms with van der Waals surface area (Å²) < 4.78 is 112. The number of alkyl halides is 3. The number of aliphatic carboxylic acids is 1. The van der Waals surface area contributed by atoms with Crippen molar-refractivity contribution in [2.45, 2.75) is 122 Å². The number of fused-ring (bicyclic) bond motifs is 10. The predicted octanol–water partition coefficient (Wildman–Crippen LogP) is 10.0. The van der Waals surface area contributed by atoms with E-state index in [9.17, 15) is 54.3 Å². The average Bonchev–Trinajstić information content (AvgIpc) is 1.58. The van der Waals surface area contributed by atoms with Crippen molar-refractivity contribution in [3.8, 4) is 34.0 Å². The Labute approximate surface area is 575 Å². The van der Waals surface area contributed by atoms with Crippen LogP contribution in [0.4, 0.5) is 13.2 Å². The van der Waals surface area contributed by atoms with Crippen LogP contribution in [0.15, 0.2) is 83.9 Å². The molecule has 538 valence electrons. The highest BCUT2D eigenvalue weighted by Gasteiger charge is 2.39. The number of esters is 1. The number of carboxylic acids is 2. The lowest BCUT2D eigenvalue weighted by atomic mass is 9.81. The molecule has 2 saturated carbocycles. The molecule has 6 N–H and O–H groups in total. The number of aromatic carboxylic acids is 1. The monoisotopic (exact) mass is 1420 g/mol. The molecule has 29 heteroatoms. The summed E-state index contributed by atoms with van der Waals surface area (Å²) in [6.07, 6.45) is 10.1. The second kappa shape index (κ2) is 32.4. The number of ether oxygens (including phenoxy) is 5. The number of nitrogens with zero attached hydrogens (tertiary/aromatic N) is 6. The first kappa shape index (κ1) is 76.6. The van der Waals surface area contributed by atoms with Gasteiger partial charge in [-0.3, -0.25) is 9.59 Å². The standard InChI is InChI=1S/C36H48N4O7S.C32H40N4O7S.C2HF3O2/c1-36(2,3)47-35(42)25-12-14-30-31(22-25)40-23-27(34(41)38(4)16-18-46-19-17-39(5)48(37,43)44)20-26-21-28(45-6)13-15-29(26)33(40)32(30)24-10-8-7-9-11-24;1-34(13-15-43-16-14-35(2)44(33,40)41)31(37)24-17-23-18-25(42-3)10-12-26(23)30-29(21-7-5-4-6-8-21)27-11-9-22(32(38)39)19-28(27)36(30)20-24;3-2(4,5)1(6)7/h12-15,20-22,24H,7-11,16-19,23H2,1-6H3,(H2,37,43,44);9-12,17-19,21H,4-8,13-16,20H2,1-3H3,(H,38,39)(H2,33,40,41);(H,6,7). The van der Waals surface area contributed by atoms with Gasteiger partial charge in [-0.2, -0.15) is 38.6 Å². The van der Waals surface area contributed by atoms with E-state index in [0.29, 0.717) is 53.1 Å². The number of carbonyl (C=O) groups excluding carboxylic acids is 3. The van der Waals surface area contributed by atoms with Gasteiger partial charge in [0.05, 0.1) is 76.3 Å². The molecule has 4 heterocycles. The van der Waals surface area contributed by atoms with Gasteiger partial charge in [0.1, 0.15) is 17.1 Å². The molecule has 4 aliphatic rings. The number of carboxylic acid groups (broad SMARTS) is 2. The van der Waals surface area contributed by atoms with E-state index >= 15 is 0 Å². The van der Waals surface area contributed by atoms with Crippen LogP contribution >= 0.6 is 0 Å². The number of rotatable bonds is 22. The lowest BCUT2D eigenvalue weighted by Crippen LogP contribution is -2.36. The van der Waals surface area contributed by atoms with Crippen molar-refractivity contribution in [3.05, 3.63) is 117 Å². The molecule has 2 amide bonds. The average molecular weight is 1420 g/mol. The highest BCUT2D eigenvalue weighted by Crippen LogP contribution is 2.49. The first-order valence-corrected chi connectivity index (χ1v) is 35.6. The Hall–Kier alpha value is -8.16. The summed E-state index contributed by atoms with van der Waals surface area (Å²) in [5.41, 5.74) is 11.2. The largest absolute Gasteiger partial charge is 0.497 e. The normalized spacial score (nSPS) is 15.2. The molecule has 4 aromatic carbocycles. The molecule has 0 bridgehead atoms. The molecule has 6 aromatic rings. The molecule has 0 saturated heterocycles. The molecule has 99 heavy (non-hydrogen) atoms. The smallest absolute Gasteiger partial charge is 0.490 e. The van der Waals surface area contributed by atoms with E-state index in [0.717, 1.165) is 115 Å². The van der Waals surface area contributed by atoms with Crippen LogP contribution in [-0.2, 0) is 62.1 Å². The van der Waals surface area contributed by atoms with Gasteiger partial charge in [-0.1, -0.05) is 50.7 Å². The number of amides is 2. The van der Waals surface area contributed by atoms with E-state index in [1.54, 1.807) is 50.2 Å². The summed E-state index contributed by atoms with van der Waals surface area (Å²) in [5, 5.41) is 29.3. The Morgan fingerprint density at radius 2 is 0.929 bits per heavy atom. The van der Waals surface area contributed by atoms with Crippen molar-refractivity contribution in [1.82, 2.24) is 27.5 Å². The van der Waals surface area contributed by atoms with E-state index in [2.05, 4.69) is 15.2 Å². The number of likely N-dealkylation sites (N-methyl/N-ethyl adjacent to an activating group) is 4. The number of hydrogen-bond donors (Lipinski definition) is 4. The molecule has 2 fully saturated rings. The van der Waals surface area contributed by atoms with Gasteiger partial charge in [-0.05, 0) is 153 Å². The zero-order valence-electron chi connectivity index (χ0n) is 57.3. The summed E-state index contributed by atoms with van der Waals surface area (Å²) in [6, 6.07) is 23.0. The summed E-state index contributed by atoms with van der Waals surface area (Å²) in [6.45, 7) is 7.65. The number of nitrogens with two attached hydrogens (primary N) is 2. The lowest BCUT2D eigenvalue weighted by Gasteiger charge is -2.24. The molecule has 2 aromatic heterocycles. The maximum absolute atomic E-state index is 14.1. The predicted molar refractivity (Wildman–Crippen MR) is 370 cm³/mol. The van der Waals surface area contributed by atoms with Crippen molar-refractivity contribution >= 4 is 84.1 Å². The summed E-state index contributed by atoms with van der Waals surface area (Å²) in [4.78, 5) is 65.3. The Kier molecular flexibility index (Phi) is 25.1. The Morgan fingerprint density at radius 3 is 1.28 bits per heavy atom. The minimum absolute atomic E-state index is 0.103. The Morgan fingerprint density at radius 1 is 0.556 bits per heavy atom. The van der Waals surface area contributed by atoms with Crippen molar-refractivity contribution in [2.75, 3.05) is 95.0 Å². The molecular weight excluding hydrogens is 1330 g/mol. The number of benzene rings is 4. The van der Waals surface area contributed by atoms with Crippen LogP contribution in [0.5, 0.6) is 11.5 Å². The molecule has 0 spiro atoms. The summed E-state index contributed by atoms with van der Waals surface area (Å²) >= 11 is 0. The van der Waals surface area contributed by atoms with Crippen LogP contribution in [0, 0.1) is 0 Å². The van der Waals surface area contributed by atoms with Gasteiger partial charge in [0, 0.05) is 98.4 Å². The number of aromatic nitrogens is 2. The number of halogens is 3. The van der Waals surface area contributed by atoms with Crippen LogP contribution in [0.25, 0.3) is 56.5 Å². The molecular formula is C70H89F3N8O16S2. The fourth-order valence-electron chi connectivity index (χ4n) is 12.9. The lowest BCUT2D eigenvalue weighted by molar-refractivity contribution is -0.192. The molecule has 2 aliphatic heterocycles. The van der Waals surface area contributed by atoms with Crippen LogP contribution < -0.4 is 19.8 Å². The van der Waals surface area contributed by atoms with E-state index in [1.807, 2.05) is 87.5 Å². The first-order chi connectivity index (χ1) is 46.6. The molecule has 2 aliphatic carbocycles. The van der Waals surface area contributed by atoms with Crippen molar-refractivity contribution in [1.29, 1.82) is 0 Å². The van der Waals surface area contributed by atoms with Gasteiger partial charge in [-0.25, -0.2) is 24.7 Å². The molecule has 24 nitrogen and oxygen atoms in total. The third kappa shape index (κ3) is 19.0.